The van der Waals surface area contributed by atoms with Crippen LogP contribution < -0.4 is 14.8 Å². The van der Waals surface area contributed by atoms with Gasteiger partial charge in [-0.3, -0.25) is 9.59 Å². The van der Waals surface area contributed by atoms with E-state index < -0.39 is 7.92 Å². The van der Waals surface area contributed by atoms with Crippen molar-refractivity contribution in [3.8, 4) is 11.5 Å². The van der Waals surface area contributed by atoms with Crippen LogP contribution in [0.5, 0.6) is 11.5 Å². The fraction of sp³-hybridized carbons (Fsp3) is 0.286. The lowest BCUT2D eigenvalue weighted by atomic mass is 10.0. The summed E-state index contributed by atoms with van der Waals surface area (Å²) in [6, 6.07) is 13.3. The highest BCUT2D eigenvalue weighted by molar-refractivity contribution is 7.96. The van der Waals surface area contributed by atoms with Gasteiger partial charge in [0, 0.05) is 22.5 Å². The molecule has 172 valence electrons. The summed E-state index contributed by atoms with van der Waals surface area (Å²) in [5.74, 6) is 1.09. The smallest absolute Gasteiger partial charge is 0.197 e. The fourth-order valence-corrected chi connectivity index (χ4v) is 6.91. The van der Waals surface area contributed by atoms with E-state index in [4.69, 9.17) is 9.47 Å². The van der Waals surface area contributed by atoms with Gasteiger partial charge in [-0.15, -0.1) is 0 Å². The molecule has 33 heavy (non-hydrogen) atoms. The predicted octanol–water partition coefficient (Wildman–Crippen LogP) is 6.34. The number of hydrogen-bond donors (Lipinski definition) is 0. The number of carbonyl (C=O) groups excluding carboxylic acids is 2. The predicted molar refractivity (Wildman–Crippen MR) is 136 cm³/mol. The Morgan fingerprint density at radius 2 is 1.06 bits per heavy atom. The summed E-state index contributed by atoms with van der Waals surface area (Å²) in [5.41, 5.74) is 6.59. The standard InChI is InChI=1S/C28H31O4P/c1-16-11-18(3)25(19(4)12-16)27(29)33(24-10-9-22(31-7)15-23(24)32-8)28(30)26-20(5)13-17(2)14-21(26)6/h9-15H,1-8H3. The van der Waals surface area contributed by atoms with E-state index in [1.807, 2.05) is 65.8 Å². The van der Waals surface area contributed by atoms with E-state index in [-0.39, 0.29) is 11.0 Å². The highest BCUT2D eigenvalue weighted by Crippen LogP contribution is 2.47. The molecule has 0 aliphatic carbocycles. The number of carbonyl (C=O) groups is 2. The minimum atomic E-state index is -1.92. The molecule has 0 fully saturated rings. The zero-order valence-electron chi connectivity index (χ0n) is 20.6. The Balaban J connectivity index is 2.29. The average molecular weight is 463 g/mol. The largest absolute Gasteiger partial charge is 0.497 e. The van der Waals surface area contributed by atoms with E-state index in [1.54, 1.807) is 32.4 Å². The molecular formula is C28H31O4P. The fourth-order valence-electron chi connectivity index (χ4n) is 4.54. The van der Waals surface area contributed by atoms with Gasteiger partial charge in [-0.25, -0.2) is 0 Å². The van der Waals surface area contributed by atoms with Crippen LogP contribution in [0.3, 0.4) is 0 Å². The summed E-state index contributed by atoms with van der Waals surface area (Å²) in [7, 11) is 1.20. The van der Waals surface area contributed by atoms with Crippen molar-refractivity contribution in [2.75, 3.05) is 14.2 Å². The summed E-state index contributed by atoms with van der Waals surface area (Å²) >= 11 is 0. The quantitative estimate of drug-likeness (QED) is 0.384. The van der Waals surface area contributed by atoms with E-state index in [0.29, 0.717) is 27.9 Å². The SMILES string of the molecule is COc1ccc(P(C(=O)c2c(C)cc(C)cc2C)C(=O)c2c(C)cc(C)cc2C)c(OC)c1. The van der Waals surface area contributed by atoms with Crippen LogP contribution in [0, 0.1) is 41.5 Å². The maximum absolute atomic E-state index is 14.1. The van der Waals surface area contributed by atoms with Gasteiger partial charge in [-0.05, 0) is 75.9 Å². The number of ether oxygens (including phenoxy) is 2. The number of rotatable bonds is 7. The van der Waals surface area contributed by atoms with Gasteiger partial charge in [-0.2, -0.15) is 0 Å². The second-order valence-electron chi connectivity index (χ2n) is 8.53. The van der Waals surface area contributed by atoms with Crippen LogP contribution in [0.4, 0.5) is 0 Å². The Bertz CT molecular complexity index is 1130. The highest BCUT2D eigenvalue weighted by Gasteiger charge is 2.35. The van der Waals surface area contributed by atoms with E-state index in [9.17, 15) is 9.59 Å². The van der Waals surface area contributed by atoms with Crippen LogP contribution in [0.1, 0.15) is 54.1 Å². The zero-order valence-corrected chi connectivity index (χ0v) is 21.5. The molecular weight excluding hydrogens is 431 g/mol. The Morgan fingerprint density at radius 1 is 0.636 bits per heavy atom. The lowest BCUT2D eigenvalue weighted by molar-refractivity contribution is 0.105. The third-order valence-corrected chi connectivity index (χ3v) is 7.93. The Morgan fingerprint density at radius 3 is 1.42 bits per heavy atom. The lowest BCUT2D eigenvalue weighted by Crippen LogP contribution is -2.20. The highest BCUT2D eigenvalue weighted by atomic mass is 31.1. The number of hydrogen-bond acceptors (Lipinski definition) is 4. The van der Waals surface area contributed by atoms with Gasteiger partial charge < -0.3 is 9.47 Å². The van der Waals surface area contributed by atoms with Crippen molar-refractivity contribution < 1.29 is 19.1 Å². The van der Waals surface area contributed by atoms with Crippen molar-refractivity contribution in [1.82, 2.24) is 0 Å². The second-order valence-corrected chi connectivity index (χ2v) is 10.5. The Kier molecular flexibility index (Phi) is 7.39. The summed E-state index contributed by atoms with van der Waals surface area (Å²) in [5, 5.41) is 0.599. The first-order chi connectivity index (χ1) is 15.6. The molecule has 0 saturated heterocycles. The lowest BCUT2D eigenvalue weighted by Gasteiger charge is -2.22. The molecule has 0 aromatic heterocycles. The number of benzene rings is 3. The third-order valence-electron chi connectivity index (χ3n) is 5.82. The van der Waals surface area contributed by atoms with Gasteiger partial charge in [0.2, 0.25) is 0 Å². The van der Waals surface area contributed by atoms with Gasteiger partial charge in [-0.1, -0.05) is 35.4 Å². The summed E-state index contributed by atoms with van der Waals surface area (Å²) in [6.07, 6.45) is 0. The number of aryl methyl sites for hydroxylation is 6. The van der Waals surface area contributed by atoms with E-state index in [2.05, 4.69) is 0 Å². The summed E-state index contributed by atoms with van der Waals surface area (Å²) < 4.78 is 11.0. The Hall–Kier alpha value is -2.97. The van der Waals surface area contributed by atoms with E-state index in [0.717, 1.165) is 33.4 Å². The van der Waals surface area contributed by atoms with Gasteiger partial charge in [0.05, 0.1) is 22.1 Å². The third kappa shape index (κ3) is 4.86. The van der Waals surface area contributed by atoms with Crippen molar-refractivity contribution in [3.05, 3.63) is 87.0 Å². The van der Waals surface area contributed by atoms with Crippen LogP contribution in [-0.4, -0.2) is 25.3 Å². The first kappa shape index (κ1) is 24.7. The van der Waals surface area contributed by atoms with Gasteiger partial charge in [0.25, 0.3) is 0 Å². The minimum Gasteiger partial charge on any atom is -0.497 e. The Labute approximate surface area is 197 Å². The van der Waals surface area contributed by atoms with Crippen LogP contribution in [0.25, 0.3) is 0 Å². The first-order valence-corrected chi connectivity index (χ1v) is 12.2. The van der Waals surface area contributed by atoms with Crippen molar-refractivity contribution in [3.63, 3.8) is 0 Å². The van der Waals surface area contributed by atoms with Crippen LogP contribution in [0.2, 0.25) is 0 Å². The average Bonchev–Trinajstić information content (AvgIpc) is 2.72. The van der Waals surface area contributed by atoms with Gasteiger partial charge in [0.15, 0.2) is 11.0 Å². The van der Waals surface area contributed by atoms with Crippen molar-refractivity contribution in [1.29, 1.82) is 0 Å². The normalized spacial score (nSPS) is 10.9. The van der Waals surface area contributed by atoms with E-state index in [1.165, 1.54) is 0 Å². The maximum Gasteiger partial charge on any atom is 0.197 e. The van der Waals surface area contributed by atoms with Crippen LogP contribution in [0.15, 0.2) is 42.5 Å². The second kappa shape index (κ2) is 9.89. The first-order valence-electron chi connectivity index (χ1n) is 10.9. The molecule has 0 amide bonds. The number of methoxy groups -OCH3 is 2. The molecule has 0 spiro atoms. The molecule has 0 bridgehead atoms. The van der Waals surface area contributed by atoms with Gasteiger partial charge in [0.1, 0.15) is 11.5 Å². The van der Waals surface area contributed by atoms with Crippen molar-refractivity contribution >= 4 is 24.3 Å². The summed E-state index contributed by atoms with van der Waals surface area (Å²) in [4.78, 5) is 28.3. The van der Waals surface area contributed by atoms with Gasteiger partial charge >= 0.3 is 0 Å². The molecule has 3 rings (SSSR count). The topological polar surface area (TPSA) is 52.6 Å². The van der Waals surface area contributed by atoms with Crippen LogP contribution >= 0.6 is 7.92 Å². The molecule has 0 radical (unpaired) electrons. The molecule has 3 aromatic carbocycles. The molecule has 0 aliphatic heterocycles. The molecule has 0 atom stereocenters. The molecule has 0 heterocycles. The monoisotopic (exact) mass is 462 g/mol. The van der Waals surface area contributed by atoms with Crippen molar-refractivity contribution in [2.24, 2.45) is 0 Å². The minimum absolute atomic E-state index is 0.159. The molecule has 4 nitrogen and oxygen atoms in total. The maximum atomic E-state index is 14.1. The van der Waals surface area contributed by atoms with E-state index >= 15 is 0 Å². The summed E-state index contributed by atoms with van der Waals surface area (Å²) in [6.45, 7) is 11.7. The molecule has 0 unspecified atom stereocenters. The molecule has 0 saturated carbocycles. The molecule has 0 aliphatic rings. The zero-order chi connectivity index (χ0) is 24.4. The molecule has 3 aromatic rings. The van der Waals surface area contributed by atoms with Crippen LogP contribution in [-0.2, 0) is 0 Å². The molecule has 0 N–H and O–H groups in total. The van der Waals surface area contributed by atoms with Crippen molar-refractivity contribution in [2.45, 2.75) is 41.5 Å². The molecule has 5 heteroatoms.